The van der Waals surface area contributed by atoms with E-state index in [1.807, 2.05) is 49.4 Å². The number of fused-ring (bicyclic) bond motifs is 1. The van der Waals surface area contributed by atoms with E-state index in [4.69, 9.17) is 0 Å². The van der Waals surface area contributed by atoms with E-state index in [0.29, 0.717) is 0 Å². The molecule has 2 aromatic carbocycles. The lowest BCUT2D eigenvalue weighted by atomic mass is 9.97. The summed E-state index contributed by atoms with van der Waals surface area (Å²) in [5, 5.41) is 12.2. The van der Waals surface area contributed by atoms with Gasteiger partial charge in [0, 0.05) is 0 Å². The minimum Gasteiger partial charge on any atom is -0.384 e. The van der Waals surface area contributed by atoms with E-state index in [2.05, 4.69) is 6.58 Å². The van der Waals surface area contributed by atoms with Crippen LogP contribution >= 0.6 is 0 Å². The largest absolute Gasteiger partial charge is 0.384 e. The van der Waals surface area contributed by atoms with Crippen LogP contribution in [0.25, 0.3) is 10.8 Å². The molecular weight excluding hydrogens is 184 g/mol. The maximum Gasteiger partial charge on any atom is 0.100 e. The van der Waals surface area contributed by atoms with Crippen LogP contribution in [0.3, 0.4) is 0 Å². The Hall–Kier alpha value is -1.60. The smallest absolute Gasteiger partial charge is 0.100 e. The van der Waals surface area contributed by atoms with Crippen molar-refractivity contribution in [3.63, 3.8) is 0 Å². The molecule has 0 saturated heterocycles. The third-order valence-corrected chi connectivity index (χ3v) is 2.58. The lowest BCUT2D eigenvalue weighted by Gasteiger charge is -2.13. The van der Waals surface area contributed by atoms with Gasteiger partial charge in [-0.05, 0) is 28.8 Å². The Morgan fingerprint density at radius 2 is 1.80 bits per heavy atom. The predicted molar refractivity (Wildman–Crippen MR) is 63.7 cm³/mol. The van der Waals surface area contributed by atoms with Crippen molar-refractivity contribution in [1.82, 2.24) is 0 Å². The van der Waals surface area contributed by atoms with Gasteiger partial charge in [0.1, 0.15) is 6.10 Å². The van der Waals surface area contributed by atoms with E-state index in [9.17, 15) is 5.11 Å². The number of benzene rings is 2. The normalized spacial score (nSPS) is 12.7. The van der Waals surface area contributed by atoms with Gasteiger partial charge in [-0.25, -0.2) is 0 Å². The molecule has 1 heteroatoms. The molecule has 2 rings (SSSR count). The summed E-state index contributed by atoms with van der Waals surface area (Å²) in [5.41, 5.74) is 1.70. The Bertz CT molecular complexity index is 494. The molecule has 76 valence electrons. The Balaban J connectivity index is 2.65. The van der Waals surface area contributed by atoms with E-state index >= 15 is 0 Å². The number of rotatable bonds is 2. The van der Waals surface area contributed by atoms with E-state index in [1.54, 1.807) is 0 Å². The summed E-state index contributed by atoms with van der Waals surface area (Å²) >= 11 is 0. The zero-order valence-electron chi connectivity index (χ0n) is 8.77. The average Bonchev–Trinajstić information content (AvgIpc) is 2.27. The molecule has 0 radical (unpaired) electrons. The second kappa shape index (κ2) is 3.87. The van der Waals surface area contributed by atoms with E-state index in [-0.39, 0.29) is 0 Å². The molecule has 0 amide bonds. The topological polar surface area (TPSA) is 20.2 Å². The van der Waals surface area contributed by atoms with Crippen LogP contribution in [0, 0.1) is 0 Å². The third-order valence-electron chi connectivity index (χ3n) is 2.58. The standard InChI is InChI=1S/C14H14O/c1-10(2)14(15)13-9-5-7-11-6-3-4-8-12(11)13/h3-9,14-15H,1H2,2H3/t14-/m1/s1. The zero-order chi connectivity index (χ0) is 10.8. The lowest BCUT2D eigenvalue weighted by molar-refractivity contribution is 0.218. The van der Waals surface area contributed by atoms with Crippen LogP contribution in [0.2, 0.25) is 0 Å². The second-order valence-electron chi connectivity index (χ2n) is 3.82. The van der Waals surface area contributed by atoms with Crippen LogP contribution in [-0.2, 0) is 0 Å². The SMILES string of the molecule is C=C(C)[C@@H](O)c1cccc2ccccc12. The maximum atomic E-state index is 10.00. The molecule has 15 heavy (non-hydrogen) atoms. The van der Waals surface area contributed by atoms with Gasteiger partial charge in [0.05, 0.1) is 0 Å². The highest BCUT2D eigenvalue weighted by Crippen LogP contribution is 2.27. The molecule has 0 aromatic heterocycles. The molecule has 0 bridgehead atoms. The summed E-state index contributed by atoms with van der Waals surface area (Å²) in [6.07, 6.45) is -0.573. The van der Waals surface area contributed by atoms with Gasteiger partial charge in [-0.1, -0.05) is 49.0 Å². The Kier molecular flexibility index (Phi) is 2.57. The quantitative estimate of drug-likeness (QED) is 0.733. The monoisotopic (exact) mass is 198 g/mol. The predicted octanol–water partition coefficient (Wildman–Crippen LogP) is 3.45. The fourth-order valence-electron chi connectivity index (χ4n) is 1.75. The molecule has 1 nitrogen and oxygen atoms in total. The summed E-state index contributed by atoms with van der Waals surface area (Å²) < 4.78 is 0. The van der Waals surface area contributed by atoms with Crippen LogP contribution in [0.4, 0.5) is 0 Å². The van der Waals surface area contributed by atoms with Crippen LogP contribution in [0.1, 0.15) is 18.6 Å². The number of hydrogen-bond acceptors (Lipinski definition) is 1. The summed E-state index contributed by atoms with van der Waals surface area (Å²) in [6.45, 7) is 5.63. The van der Waals surface area contributed by atoms with Crippen molar-refractivity contribution < 1.29 is 5.11 Å². The summed E-state index contributed by atoms with van der Waals surface area (Å²) in [7, 11) is 0. The molecule has 0 spiro atoms. The molecule has 2 aromatic rings. The van der Waals surface area contributed by atoms with Crippen LogP contribution in [0.5, 0.6) is 0 Å². The van der Waals surface area contributed by atoms with Crippen molar-refractivity contribution in [1.29, 1.82) is 0 Å². The lowest BCUT2D eigenvalue weighted by Crippen LogP contribution is -1.98. The first-order valence-corrected chi connectivity index (χ1v) is 5.01. The summed E-state index contributed by atoms with van der Waals surface area (Å²) in [6, 6.07) is 14.0. The van der Waals surface area contributed by atoms with Gasteiger partial charge in [-0.15, -0.1) is 0 Å². The molecule has 0 aliphatic carbocycles. The van der Waals surface area contributed by atoms with Crippen molar-refractivity contribution in [3.8, 4) is 0 Å². The Labute approximate surface area is 89.7 Å². The van der Waals surface area contributed by atoms with Gasteiger partial charge in [-0.3, -0.25) is 0 Å². The molecule has 1 N–H and O–H groups in total. The van der Waals surface area contributed by atoms with Gasteiger partial charge in [0.25, 0.3) is 0 Å². The van der Waals surface area contributed by atoms with Crippen LogP contribution in [-0.4, -0.2) is 5.11 Å². The van der Waals surface area contributed by atoms with E-state index in [0.717, 1.165) is 21.9 Å². The Morgan fingerprint density at radius 1 is 1.13 bits per heavy atom. The zero-order valence-corrected chi connectivity index (χ0v) is 8.77. The molecule has 0 unspecified atom stereocenters. The molecule has 0 heterocycles. The fourth-order valence-corrected chi connectivity index (χ4v) is 1.75. The molecule has 0 fully saturated rings. The first-order chi connectivity index (χ1) is 7.20. The van der Waals surface area contributed by atoms with Crippen molar-refractivity contribution in [2.45, 2.75) is 13.0 Å². The van der Waals surface area contributed by atoms with Gasteiger partial charge in [0.15, 0.2) is 0 Å². The van der Waals surface area contributed by atoms with Gasteiger partial charge >= 0.3 is 0 Å². The van der Waals surface area contributed by atoms with Crippen molar-refractivity contribution >= 4 is 10.8 Å². The number of aliphatic hydroxyl groups excluding tert-OH is 1. The minimum absolute atomic E-state index is 0.573. The summed E-state index contributed by atoms with van der Waals surface area (Å²) in [5.74, 6) is 0. The highest BCUT2D eigenvalue weighted by molar-refractivity contribution is 5.86. The molecule has 0 aliphatic rings. The molecular formula is C14H14O. The molecule has 1 atom stereocenters. The van der Waals surface area contributed by atoms with Gasteiger partial charge in [-0.2, -0.15) is 0 Å². The van der Waals surface area contributed by atoms with Crippen LogP contribution < -0.4 is 0 Å². The van der Waals surface area contributed by atoms with Crippen molar-refractivity contribution in [3.05, 3.63) is 60.2 Å². The van der Waals surface area contributed by atoms with Gasteiger partial charge in [0.2, 0.25) is 0 Å². The third kappa shape index (κ3) is 1.79. The maximum absolute atomic E-state index is 10.00. The van der Waals surface area contributed by atoms with Crippen molar-refractivity contribution in [2.75, 3.05) is 0 Å². The highest BCUT2D eigenvalue weighted by Gasteiger charge is 2.10. The van der Waals surface area contributed by atoms with Crippen molar-refractivity contribution in [2.24, 2.45) is 0 Å². The average molecular weight is 198 g/mol. The molecule has 0 aliphatic heterocycles. The minimum atomic E-state index is -0.573. The molecule has 0 saturated carbocycles. The first-order valence-electron chi connectivity index (χ1n) is 5.01. The number of hydrogen-bond donors (Lipinski definition) is 1. The summed E-state index contributed by atoms with van der Waals surface area (Å²) in [4.78, 5) is 0. The van der Waals surface area contributed by atoms with E-state index < -0.39 is 6.10 Å². The first kappa shape index (κ1) is 9.94. The van der Waals surface area contributed by atoms with Gasteiger partial charge < -0.3 is 5.11 Å². The number of aliphatic hydroxyl groups is 1. The highest BCUT2D eigenvalue weighted by atomic mass is 16.3. The van der Waals surface area contributed by atoms with Crippen LogP contribution in [0.15, 0.2) is 54.6 Å². The Morgan fingerprint density at radius 3 is 2.53 bits per heavy atom. The fraction of sp³-hybridized carbons (Fsp3) is 0.143. The van der Waals surface area contributed by atoms with E-state index in [1.165, 1.54) is 0 Å². The second-order valence-corrected chi connectivity index (χ2v) is 3.82.